The second-order valence-corrected chi connectivity index (χ2v) is 23.9. The van der Waals surface area contributed by atoms with Crippen molar-refractivity contribution >= 4 is 78.8 Å². The Bertz CT molecular complexity index is 4580. The van der Waals surface area contributed by atoms with Gasteiger partial charge in [-0.05, 0) is 138 Å². The zero-order valence-electron chi connectivity index (χ0n) is 62.2. The van der Waals surface area contributed by atoms with Crippen molar-refractivity contribution < 1.29 is 57.5 Å². The van der Waals surface area contributed by atoms with Gasteiger partial charge in [-0.2, -0.15) is 51.0 Å². The SMILES string of the molecule is CCOC(=O)c1cnncc1/C=C/N(C)C.CCOC(=O)c1cnncc1C.COC(OC)N(C)C.COc1cc(-c2cn(C)c(=O)c3cnncc23)cc(OC)c1CN(C)C.COc1cc(B(O)O)cc(OC)c1CN(C)C.Cn1cc(Br)c2cnncc2c1=O.Cn1ccc2cnncc2c1=O. The molecule has 0 fully saturated rings. The third kappa shape index (κ3) is 25.1. The molecule has 0 aliphatic rings. The lowest BCUT2D eigenvalue weighted by atomic mass is 9.79. The number of aryl methyl sites for hydroxylation is 4. The summed E-state index contributed by atoms with van der Waals surface area (Å²) < 4.78 is 46.6. The number of hydrogen-bond acceptors (Lipinski definition) is 29. The van der Waals surface area contributed by atoms with Gasteiger partial charge in [-0.25, -0.2) is 9.59 Å². The number of halogens is 1. The molecule has 0 saturated carbocycles. The second kappa shape index (κ2) is 43.4. The molecule has 0 aliphatic carbocycles. The van der Waals surface area contributed by atoms with E-state index in [1.54, 1.807) is 145 Å². The molecule has 0 radical (unpaired) electrons. The molecule has 32 nitrogen and oxygen atoms in total. The van der Waals surface area contributed by atoms with E-state index in [4.69, 9.17) is 37.9 Å². The fourth-order valence-electron chi connectivity index (χ4n) is 9.34. The van der Waals surface area contributed by atoms with Crippen LogP contribution < -0.4 is 41.1 Å². The molecule has 8 heterocycles. The Balaban J connectivity index is 0.000000264. The number of rotatable bonds is 19. The highest BCUT2D eigenvalue weighted by atomic mass is 79.9. The van der Waals surface area contributed by atoms with Crippen molar-refractivity contribution in [1.82, 2.24) is 84.3 Å². The Morgan fingerprint density at radius 1 is 0.538 bits per heavy atom. The van der Waals surface area contributed by atoms with E-state index in [2.05, 4.69) is 71.8 Å². The van der Waals surface area contributed by atoms with E-state index in [-0.39, 0.29) is 35.0 Å². The number of ether oxygens (including phenoxy) is 8. The molecule has 8 aromatic heterocycles. The topological polar surface area (TPSA) is 356 Å². The Kier molecular flexibility index (Phi) is 35.8. The Labute approximate surface area is 611 Å². The number of carbonyl (C=O) groups excluding carboxylic acids is 2. The highest BCUT2D eigenvalue weighted by Gasteiger charge is 2.21. The maximum Gasteiger partial charge on any atom is 0.488 e. The molecule has 0 unspecified atom stereocenters. The van der Waals surface area contributed by atoms with Crippen LogP contribution in [-0.2, 0) is 53.2 Å². The van der Waals surface area contributed by atoms with Gasteiger partial charge in [0, 0.05) is 113 Å². The number of hydrogen-bond donors (Lipinski definition) is 2. The summed E-state index contributed by atoms with van der Waals surface area (Å²) in [4.78, 5) is 65.8. The molecule has 2 N–H and O–H groups in total. The average molecular weight is 1500 g/mol. The first-order valence-corrected chi connectivity index (χ1v) is 32.5. The largest absolute Gasteiger partial charge is 0.496 e. The van der Waals surface area contributed by atoms with Crippen molar-refractivity contribution in [1.29, 1.82) is 0 Å². The van der Waals surface area contributed by atoms with Crippen molar-refractivity contribution in [2.75, 3.05) is 112 Å². The number of benzene rings is 2. The second-order valence-electron chi connectivity index (χ2n) is 23.1. The Morgan fingerprint density at radius 2 is 0.952 bits per heavy atom. The number of methoxy groups -OCH3 is 6. The van der Waals surface area contributed by atoms with Crippen LogP contribution in [0.5, 0.6) is 23.0 Å². The van der Waals surface area contributed by atoms with Gasteiger partial charge in [-0.15, -0.1) is 0 Å². The summed E-state index contributed by atoms with van der Waals surface area (Å²) in [5, 5.41) is 59.6. The molecule has 0 amide bonds. The minimum Gasteiger partial charge on any atom is -0.496 e. The van der Waals surface area contributed by atoms with E-state index in [0.717, 1.165) is 59.9 Å². The highest BCUT2D eigenvalue weighted by molar-refractivity contribution is 9.10. The molecule has 34 heteroatoms. The van der Waals surface area contributed by atoms with Gasteiger partial charge in [0.05, 0.1) is 142 Å². The van der Waals surface area contributed by atoms with E-state index in [0.29, 0.717) is 76.1 Å². The molecule has 0 bridgehead atoms. The van der Waals surface area contributed by atoms with Gasteiger partial charge in [0.1, 0.15) is 23.0 Å². The van der Waals surface area contributed by atoms with Gasteiger partial charge < -0.3 is 76.3 Å². The van der Waals surface area contributed by atoms with E-state index in [9.17, 15) is 34.0 Å². The molecule has 0 spiro atoms. The molecule has 104 heavy (non-hydrogen) atoms. The van der Waals surface area contributed by atoms with E-state index in [1.165, 1.54) is 52.5 Å². The number of fused-ring (bicyclic) bond motifs is 3. The van der Waals surface area contributed by atoms with Crippen molar-refractivity contribution in [2.45, 2.75) is 40.3 Å². The first-order chi connectivity index (χ1) is 49.6. The number of carbonyl (C=O) groups is 2. The van der Waals surface area contributed by atoms with Crippen LogP contribution in [0.25, 0.3) is 49.5 Å². The standard InChI is InChI=1S/C19H22N4O3.C11H18BNO4.C11H15N3O2.C8H6BrN3O.C8H7N3O.C8H10N2O2.C5H13NO2/c1-22(2)10-16-17(25-4)6-12(7-18(16)26-5)15-11-23(3)19(24)14-9-21-20-8-13(14)15;1-13(2)7-9-10(16-3)5-8(12(14)15)6-11(9)17-4;1-4-16-11(15)10-8-13-12-7-9(10)5-6-14(2)3;1-12-4-7(9)5-2-10-11-3-6(5)8(12)13;1-11-3-2-6-4-9-10-5-7(6)8(11)12;1-3-12-8(11)7-5-10-9-4-6(7)2;1-6(2)5(7-3)8-4/h6-9,11H,10H2,1-5H3;5-6,14-15H,7H2,1-4H3;5-8H,4H2,1-3H3;2-4H,1H3;2-5H,1H3;4-5H,3H2,1-2H3;5H,1-4H3/b;;6-5+;;;;. The summed E-state index contributed by atoms with van der Waals surface area (Å²) in [5.74, 6) is 1.91. The van der Waals surface area contributed by atoms with Gasteiger partial charge in [0.25, 0.3) is 16.7 Å². The molecule has 10 rings (SSSR count). The molecule has 2 aromatic carbocycles. The van der Waals surface area contributed by atoms with Crippen LogP contribution in [0, 0.1) is 6.92 Å². The predicted molar refractivity (Wildman–Crippen MR) is 400 cm³/mol. The van der Waals surface area contributed by atoms with Crippen LogP contribution in [-0.4, -0.2) is 232 Å². The zero-order chi connectivity index (χ0) is 77.3. The molecule has 10 aromatic rings. The summed E-state index contributed by atoms with van der Waals surface area (Å²) in [5.41, 5.74) is 6.12. The maximum atomic E-state index is 12.4. The van der Waals surface area contributed by atoms with Gasteiger partial charge >= 0.3 is 19.1 Å². The minimum atomic E-state index is -1.54. The summed E-state index contributed by atoms with van der Waals surface area (Å²) >= 11 is 3.35. The first-order valence-electron chi connectivity index (χ1n) is 31.7. The smallest absolute Gasteiger partial charge is 0.488 e. The Morgan fingerprint density at radius 3 is 1.40 bits per heavy atom. The molecule has 0 saturated heterocycles. The number of esters is 2. The third-order valence-electron chi connectivity index (χ3n) is 14.4. The fraction of sp³-hybridized carbons (Fsp3) is 0.357. The molecular formula is C70H91BBrN17O15. The van der Waals surface area contributed by atoms with Crippen LogP contribution in [0.3, 0.4) is 0 Å². The fourth-order valence-corrected chi connectivity index (χ4v) is 9.97. The summed E-state index contributed by atoms with van der Waals surface area (Å²) in [6, 6.07) is 8.96. The summed E-state index contributed by atoms with van der Waals surface area (Å²) in [6.45, 7) is 7.38. The average Bonchev–Trinajstić information content (AvgIpc) is 0.799. The lowest BCUT2D eigenvalue weighted by molar-refractivity contribution is -0.179. The van der Waals surface area contributed by atoms with Gasteiger partial charge in [-0.1, -0.05) is 0 Å². The number of pyridine rings is 3. The Hall–Kier alpha value is -10.6. The summed E-state index contributed by atoms with van der Waals surface area (Å²) in [7, 11) is 28.6. The normalized spacial score (nSPS) is 10.6. The van der Waals surface area contributed by atoms with Crippen molar-refractivity contribution in [3.8, 4) is 34.1 Å². The van der Waals surface area contributed by atoms with Gasteiger partial charge in [-0.3, -0.25) is 19.3 Å². The van der Waals surface area contributed by atoms with Crippen molar-refractivity contribution in [2.24, 2.45) is 21.1 Å². The van der Waals surface area contributed by atoms with Crippen LogP contribution in [0.4, 0.5) is 0 Å². The maximum absolute atomic E-state index is 12.4. The summed E-state index contributed by atoms with van der Waals surface area (Å²) in [6.07, 6.45) is 23.7. The molecule has 556 valence electrons. The lowest BCUT2D eigenvalue weighted by Gasteiger charge is -2.19. The molecular weight excluding hydrogens is 1410 g/mol. The van der Waals surface area contributed by atoms with E-state index >= 15 is 0 Å². The van der Waals surface area contributed by atoms with Gasteiger partial charge in [0.2, 0.25) is 6.41 Å². The van der Waals surface area contributed by atoms with Gasteiger partial charge in [0.15, 0.2) is 0 Å². The third-order valence-corrected chi connectivity index (χ3v) is 15.0. The monoisotopic (exact) mass is 1500 g/mol. The first kappa shape index (κ1) is 85.8. The molecule has 0 aliphatic heterocycles. The molecule has 0 atom stereocenters. The van der Waals surface area contributed by atoms with E-state index in [1.807, 2.05) is 95.5 Å². The minimum absolute atomic E-state index is 0.0394. The predicted octanol–water partition coefficient (Wildman–Crippen LogP) is 5.21. The number of nitrogens with zero attached hydrogens (tertiary/aromatic N) is 17. The van der Waals surface area contributed by atoms with Crippen molar-refractivity contribution in [3.05, 3.63) is 186 Å². The van der Waals surface area contributed by atoms with Crippen LogP contribution >= 0.6 is 15.9 Å². The number of aromatic nitrogens is 13. The van der Waals surface area contributed by atoms with Crippen LogP contribution in [0.1, 0.15) is 56.8 Å². The lowest BCUT2D eigenvalue weighted by Crippen LogP contribution is -2.30. The van der Waals surface area contributed by atoms with E-state index < -0.39 is 7.12 Å². The van der Waals surface area contributed by atoms with Crippen LogP contribution in [0.15, 0.2) is 136 Å². The van der Waals surface area contributed by atoms with Crippen LogP contribution in [0.2, 0.25) is 0 Å². The van der Waals surface area contributed by atoms with Crippen molar-refractivity contribution in [3.63, 3.8) is 0 Å². The highest BCUT2D eigenvalue weighted by Crippen LogP contribution is 2.37. The zero-order valence-corrected chi connectivity index (χ0v) is 63.8. The quantitative estimate of drug-likeness (QED) is 0.0596.